The van der Waals surface area contributed by atoms with E-state index in [1.807, 2.05) is 11.3 Å². The van der Waals surface area contributed by atoms with E-state index in [1.54, 1.807) is 0 Å². The fraction of sp³-hybridized carbons (Fsp3) is 0.375. The van der Waals surface area contributed by atoms with Crippen molar-refractivity contribution in [3.05, 3.63) is 56.7 Å². The Bertz CT molecular complexity index is 555. The molecule has 20 heavy (non-hydrogen) atoms. The second kappa shape index (κ2) is 6.39. The summed E-state index contributed by atoms with van der Waals surface area (Å²) in [6.45, 7) is 4.41. The summed E-state index contributed by atoms with van der Waals surface area (Å²) in [4.78, 5) is 6.46. The first-order valence-electron chi connectivity index (χ1n) is 6.93. The first kappa shape index (κ1) is 14.3. The second-order valence-electron chi connectivity index (χ2n) is 5.35. The first-order valence-corrected chi connectivity index (χ1v) is 8.60. The number of benzene rings is 1. The van der Waals surface area contributed by atoms with E-state index in [0.29, 0.717) is 6.04 Å². The third-order valence-electron chi connectivity index (χ3n) is 3.92. The summed E-state index contributed by atoms with van der Waals surface area (Å²) in [7, 11) is 2.22. The smallest absolute Gasteiger partial charge is 0.0479 e. The van der Waals surface area contributed by atoms with Gasteiger partial charge in [-0.15, -0.1) is 11.3 Å². The average Bonchev–Trinajstić information content (AvgIpc) is 2.87. The molecule has 0 bridgehead atoms. The normalized spacial score (nSPS) is 21.2. The molecule has 2 heterocycles. The molecule has 4 heteroatoms. The average molecular weight is 351 g/mol. The zero-order valence-corrected chi connectivity index (χ0v) is 14.0. The van der Waals surface area contributed by atoms with Crippen molar-refractivity contribution in [2.24, 2.45) is 0 Å². The van der Waals surface area contributed by atoms with Gasteiger partial charge in [0.25, 0.3) is 0 Å². The van der Waals surface area contributed by atoms with Crippen molar-refractivity contribution in [3.8, 4) is 0 Å². The van der Waals surface area contributed by atoms with Crippen LogP contribution >= 0.6 is 27.3 Å². The topological polar surface area (TPSA) is 6.48 Å². The Kier molecular flexibility index (Phi) is 4.56. The van der Waals surface area contributed by atoms with Crippen LogP contribution in [0.25, 0.3) is 0 Å². The van der Waals surface area contributed by atoms with Crippen LogP contribution < -0.4 is 0 Å². The maximum absolute atomic E-state index is 3.65. The van der Waals surface area contributed by atoms with E-state index in [0.717, 1.165) is 26.2 Å². The van der Waals surface area contributed by atoms with E-state index in [4.69, 9.17) is 0 Å². The number of piperazine rings is 1. The third-order valence-corrected chi connectivity index (χ3v) is 5.83. The van der Waals surface area contributed by atoms with Crippen LogP contribution in [0.15, 0.2) is 46.3 Å². The van der Waals surface area contributed by atoms with Gasteiger partial charge in [0.15, 0.2) is 0 Å². The lowest BCUT2D eigenvalue weighted by molar-refractivity contribution is 0.0841. The van der Waals surface area contributed by atoms with Gasteiger partial charge in [0, 0.05) is 41.6 Å². The Hall–Kier alpha value is -0.680. The number of thiophene rings is 1. The Morgan fingerprint density at radius 2 is 2.00 bits per heavy atom. The summed E-state index contributed by atoms with van der Waals surface area (Å²) in [5.74, 6) is 0. The number of halogens is 1. The molecule has 1 atom stereocenters. The number of hydrogen-bond acceptors (Lipinski definition) is 3. The van der Waals surface area contributed by atoms with Gasteiger partial charge in [0.05, 0.1) is 0 Å². The van der Waals surface area contributed by atoms with Crippen molar-refractivity contribution in [2.75, 3.05) is 26.7 Å². The lowest BCUT2D eigenvalue weighted by Gasteiger charge is -2.40. The van der Waals surface area contributed by atoms with Crippen molar-refractivity contribution in [2.45, 2.75) is 12.6 Å². The maximum Gasteiger partial charge on any atom is 0.0479 e. The fourth-order valence-corrected chi connectivity index (χ4v) is 4.26. The number of nitrogens with zero attached hydrogens (tertiary/aromatic N) is 2. The van der Waals surface area contributed by atoms with Gasteiger partial charge in [-0.05, 0) is 40.0 Å². The van der Waals surface area contributed by atoms with E-state index in [9.17, 15) is 0 Å². The lowest BCUT2D eigenvalue weighted by atomic mass is 10.0. The SMILES string of the molecule is CN1CCN(Cc2sccc2Br)C(c2ccccc2)C1. The minimum Gasteiger partial charge on any atom is -0.303 e. The summed E-state index contributed by atoms with van der Waals surface area (Å²) in [5, 5.41) is 2.16. The minimum atomic E-state index is 0.490. The molecule has 1 aromatic heterocycles. The number of rotatable bonds is 3. The van der Waals surface area contributed by atoms with Crippen molar-refractivity contribution in [3.63, 3.8) is 0 Å². The molecular weight excluding hydrogens is 332 g/mol. The molecule has 0 amide bonds. The van der Waals surface area contributed by atoms with Crippen molar-refractivity contribution >= 4 is 27.3 Å². The molecule has 0 N–H and O–H groups in total. The Balaban J connectivity index is 1.82. The quantitative estimate of drug-likeness (QED) is 0.825. The van der Waals surface area contributed by atoms with E-state index < -0.39 is 0 Å². The van der Waals surface area contributed by atoms with Crippen LogP contribution in [0.3, 0.4) is 0 Å². The van der Waals surface area contributed by atoms with Gasteiger partial charge in [-0.25, -0.2) is 0 Å². The summed E-state index contributed by atoms with van der Waals surface area (Å²) < 4.78 is 1.24. The van der Waals surface area contributed by atoms with Crippen LogP contribution in [0, 0.1) is 0 Å². The molecule has 1 fully saturated rings. The molecule has 1 unspecified atom stereocenters. The highest BCUT2D eigenvalue weighted by molar-refractivity contribution is 9.10. The van der Waals surface area contributed by atoms with Crippen molar-refractivity contribution < 1.29 is 0 Å². The van der Waals surface area contributed by atoms with Gasteiger partial charge >= 0.3 is 0 Å². The van der Waals surface area contributed by atoms with Crippen molar-refractivity contribution in [1.82, 2.24) is 9.80 Å². The van der Waals surface area contributed by atoms with Crippen LogP contribution in [0.1, 0.15) is 16.5 Å². The zero-order chi connectivity index (χ0) is 13.9. The third kappa shape index (κ3) is 3.14. The van der Waals surface area contributed by atoms with Crippen LogP contribution in [0.5, 0.6) is 0 Å². The van der Waals surface area contributed by atoms with Gasteiger partial charge in [0.1, 0.15) is 0 Å². The number of hydrogen-bond donors (Lipinski definition) is 0. The standard InChI is InChI=1S/C16H19BrN2S/c1-18-8-9-19(12-16-14(17)7-10-20-16)15(11-18)13-5-3-2-4-6-13/h2-7,10,15H,8-9,11-12H2,1H3. The molecule has 0 aliphatic carbocycles. The number of likely N-dealkylation sites (N-methyl/N-ethyl adjacent to an activating group) is 1. The molecule has 2 nitrogen and oxygen atoms in total. The zero-order valence-electron chi connectivity index (χ0n) is 11.6. The van der Waals surface area contributed by atoms with E-state index in [2.05, 4.69) is 74.6 Å². The van der Waals surface area contributed by atoms with Crippen molar-refractivity contribution in [1.29, 1.82) is 0 Å². The van der Waals surface area contributed by atoms with Gasteiger partial charge in [-0.3, -0.25) is 4.90 Å². The second-order valence-corrected chi connectivity index (χ2v) is 7.21. The molecule has 1 aliphatic rings. The monoisotopic (exact) mass is 350 g/mol. The van der Waals surface area contributed by atoms with Gasteiger partial charge in [-0.2, -0.15) is 0 Å². The lowest BCUT2D eigenvalue weighted by Crippen LogP contribution is -2.46. The summed E-state index contributed by atoms with van der Waals surface area (Å²) in [6, 6.07) is 13.5. The predicted octanol–water partition coefficient (Wildman–Crippen LogP) is 4.00. The first-order chi connectivity index (χ1) is 9.74. The molecule has 1 aromatic carbocycles. The molecular formula is C16H19BrN2S. The maximum atomic E-state index is 3.65. The van der Waals surface area contributed by atoms with Gasteiger partial charge < -0.3 is 4.90 Å². The predicted molar refractivity (Wildman–Crippen MR) is 89.1 cm³/mol. The van der Waals surface area contributed by atoms with Crippen LogP contribution in [-0.4, -0.2) is 36.5 Å². The van der Waals surface area contributed by atoms with E-state index >= 15 is 0 Å². The molecule has 2 aromatic rings. The fourth-order valence-electron chi connectivity index (χ4n) is 2.76. The molecule has 3 rings (SSSR count). The van der Waals surface area contributed by atoms with Crippen LogP contribution in [0.2, 0.25) is 0 Å². The van der Waals surface area contributed by atoms with Gasteiger partial charge in [-0.1, -0.05) is 30.3 Å². The molecule has 106 valence electrons. The summed E-state index contributed by atoms with van der Waals surface area (Å²) in [6.07, 6.45) is 0. The van der Waals surface area contributed by atoms with E-state index in [1.165, 1.54) is 14.9 Å². The Morgan fingerprint density at radius 3 is 2.70 bits per heavy atom. The Morgan fingerprint density at radius 1 is 1.20 bits per heavy atom. The highest BCUT2D eigenvalue weighted by Gasteiger charge is 2.27. The highest BCUT2D eigenvalue weighted by Crippen LogP contribution is 2.30. The Labute approximate surface area is 133 Å². The molecule has 1 aliphatic heterocycles. The minimum absolute atomic E-state index is 0.490. The summed E-state index contributed by atoms with van der Waals surface area (Å²) in [5.41, 5.74) is 1.42. The molecule has 0 saturated carbocycles. The molecule has 0 spiro atoms. The molecule has 0 radical (unpaired) electrons. The van der Waals surface area contributed by atoms with Crippen LogP contribution in [-0.2, 0) is 6.54 Å². The largest absolute Gasteiger partial charge is 0.303 e. The van der Waals surface area contributed by atoms with E-state index in [-0.39, 0.29) is 0 Å². The molecule has 1 saturated heterocycles. The van der Waals surface area contributed by atoms with Gasteiger partial charge in [0.2, 0.25) is 0 Å². The van der Waals surface area contributed by atoms with Crippen LogP contribution in [0.4, 0.5) is 0 Å². The highest BCUT2D eigenvalue weighted by atomic mass is 79.9. The summed E-state index contributed by atoms with van der Waals surface area (Å²) >= 11 is 5.49.